The summed E-state index contributed by atoms with van der Waals surface area (Å²) in [5.74, 6) is 0.369. The van der Waals surface area contributed by atoms with E-state index in [1.807, 2.05) is 32.6 Å². The van der Waals surface area contributed by atoms with Gasteiger partial charge >= 0.3 is 30.4 Å². The summed E-state index contributed by atoms with van der Waals surface area (Å²) >= 11 is 0. The summed E-state index contributed by atoms with van der Waals surface area (Å²) in [4.78, 5) is 76.4. The van der Waals surface area contributed by atoms with Crippen LogP contribution in [0.4, 0.5) is 0 Å². The van der Waals surface area contributed by atoms with Crippen LogP contribution in [0.15, 0.2) is 46.8 Å². The fraction of sp³-hybridized carbons (Fsp3) is 0.594. The molecular formula is C32H52N6O11Si. The van der Waals surface area contributed by atoms with Gasteiger partial charge in [0.15, 0.2) is 0 Å². The number of hydrogen-bond acceptors (Lipinski definition) is 13. The number of fused-ring (bicyclic) bond motifs is 1. The molecule has 0 bridgehead atoms. The van der Waals surface area contributed by atoms with Gasteiger partial charge in [-0.05, 0) is 60.1 Å². The number of ether oxygens (including phenoxy) is 2. The van der Waals surface area contributed by atoms with Gasteiger partial charge in [-0.15, -0.1) is 11.4 Å². The van der Waals surface area contributed by atoms with Gasteiger partial charge in [0.2, 0.25) is 6.29 Å². The van der Waals surface area contributed by atoms with E-state index < -0.39 is 20.5 Å². The van der Waals surface area contributed by atoms with Crippen LogP contribution in [0, 0.1) is 11.8 Å². The van der Waals surface area contributed by atoms with E-state index in [-0.39, 0.29) is 31.9 Å². The first-order valence-corrected chi connectivity index (χ1v) is 18.4. The Morgan fingerprint density at radius 3 is 1.82 bits per heavy atom. The summed E-state index contributed by atoms with van der Waals surface area (Å²) in [5.41, 5.74) is 17.2. The largest absolute Gasteiger partial charge is 0.466 e. The SMILES string of the molecule is C.C=CCC.CCOC(=O)CCC(CC)CC(CC)CN=[N+]=[N-].C[Si](C)(C)N=[N+]=[N-].O=C1OC(O)c2ccccc21.O=C=O.O=C=O.O=C=O. The molecule has 3 atom stereocenters. The number of benzene rings is 1. The fourth-order valence-electron chi connectivity index (χ4n) is 3.30. The third-order valence-corrected chi connectivity index (χ3v) is 6.27. The molecule has 0 radical (unpaired) electrons. The monoisotopic (exact) mass is 724 g/mol. The summed E-state index contributed by atoms with van der Waals surface area (Å²) in [6.45, 7) is 18.6. The van der Waals surface area contributed by atoms with Crippen molar-refractivity contribution in [3.8, 4) is 0 Å². The molecule has 18 heteroatoms. The second-order valence-corrected chi connectivity index (χ2v) is 14.7. The molecule has 2 rings (SSSR count). The number of carbonyl (C=O) groups excluding carboxylic acids is 8. The molecule has 50 heavy (non-hydrogen) atoms. The highest BCUT2D eigenvalue weighted by atomic mass is 28.3. The fourth-order valence-corrected chi connectivity index (χ4v) is 3.57. The van der Waals surface area contributed by atoms with Crippen molar-refractivity contribution in [1.29, 1.82) is 0 Å². The van der Waals surface area contributed by atoms with E-state index in [1.165, 1.54) is 0 Å². The molecule has 0 saturated carbocycles. The third kappa shape index (κ3) is 40.9. The number of azide groups is 2. The molecule has 0 aliphatic carbocycles. The maximum atomic E-state index is 11.3. The summed E-state index contributed by atoms with van der Waals surface area (Å²) in [6.07, 6.45) is 7.07. The number of aliphatic hydroxyl groups is 1. The molecule has 0 aromatic heterocycles. The molecular weight excluding hydrogens is 672 g/mol. The van der Waals surface area contributed by atoms with Crippen LogP contribution in [0.2, 0.25) is 19.6 Å². The third-order valence-electron chi connectivity index (χ3n) is 5.59. The van der Waals surface area contributed by atoms with Gasteiger partial charge in [0, 0.05) is 23.4 Å². The average molecular weight is 725 g/mol. The Hall–Kier alpha value is -5.16. The van der Waals surface area contributed by atoms with Gasteiger partial charge in [-0.1, -0.05) is 90.1 Å². The number of allylic oxidation sites excluding steroid dienone is 1. The Labute approximate surface area is 294 Å². The van der Waals surface area contributed by atoms with Gasteiger partial charge in [-0.2, -0.15) is 28.8 Å². The normalized spacial score (nSPS) is 11.9. The molecule has 17 nitrogen and oxygen atoms in total. The topological polar surface area (TPSA) is 273 Å². The number of aliphatic hydroxyl groups excluding tert-OH is 1. The Bertz CT molecular complexity index is 1210. The van der Waals surface area contributed by atoms with Crippen molar-refractivity contribution in [3.05, 3.63) is 68.9 Å². The number of carbonyl (C=O) groups is 2. The van der Waals surface area contributed by atoms with E-state index in [0.29, 0.717) is 42.5 Å². The summed E-state index contributed by atoms with van der Waals surface area (Å²) in [7, 11) is -1.45. The van der Waals surface area contributed by atoms with Crippen molar-refractivity contribution in [1.82, 2.24) is 0 Å². The lowest BCUT2D eigenvalue weighted by molar-refractivity contribution is -0.193. The smallest absolute Gasteiger partial charge is 0.373 e. The minimum absolute atomic E-state index is 0. The number of nitrogens with zero attached hydrogens (tertiary/aromatic N) is 6. The van der Waals surface area contributed by atoms with Crippen LogP contribution in [0.3, 0.4) is 0 Å². The van der Waals surface area contributed by atoms with E-state index in [2.05, 4.69) is 51.8 Å². The molecule has 1 N–H and O–H groups in total. The van der Waals surface area contributed by atoms with Crippen LogP contribution in [0.1, 0.15) is 95.9 Å². The van der Waals surface area contributed by atoms with Crippen molar-refractivity contribution in [2.24, 2.45) is 21.7 Å². The Morgan fingerprint density at radius 1 is 1.00 bits per heavy atom. The molecule has 280 valence electrons. The lowest BCUT2D eigenvalue weighted by Crippen LogP contribution is -2.13. The van der Waals surface area contributed by atoms with E-state index in [9.17, 15) is 9.59 Å². The maximum absolute atomic E-state index is 11.3. The van der Waals surface area contributed by atoms with E-state index in [4.69, 9.17) is 49.7 Å². The molecule has 1 heterocycles. The maximum Gasteiger partial charge on any atom is 0.373 e. The number of cyclic esters (lactones) is 1. The Kier molecular flexibility index (Phi) is 47.8. The molecule has 1 aromatic rings. The van der Waals surface area contributed by atoms with E-state index in [1.54, 1.807) is 24.3 Å². The molecule has 1 aromatic carbocycles. The number of hydrogen-bond donors (Lipinski definition) is 1. The second kappa shape index (κ2) is 41.9. The van der Waals surface area contributed by atoms with Crippen molar-refractivity contribution < 1.29 is 52.9 Å². The van der Waals surface area contributed by atoms with E-state index in [0.717, 1.165) is 32.1 Å². The minimum Gasteiger partial charge on any atom is -0.466 e. The van der Waals surface area contributed by atoms with Gasteiger partial charge < -0.3 is 14.6 Å². The highest BCUT2D eigenvalue weighted by Gasteiger charge is 2.28. The zero-order chi connectivity index (χ0) is 39.1. The van der Waals surface area contributed by atoms with Crippen LogP contribution in [-0.2, 0) is 43.0 Å². The number of rotatable bonds is 12. The predicted octanol–water partition coefficient (Wildman–Crippen LogP) is 7.53. The van der Waals surface area contributed by atoms with Gasteiger partial charge in [0.25, 0.3) is 0 Å². The molecule has 3 unspecified atom stereocenters. The highest BCUT2D eigenvalue weighted by Crippen LogP contribution is 2.27. The highest BCUT2D eigenvalue weighted by molar-refractivity contribution is 6.74. The van der Waals surface area contributed by atoms with Crippen LogP contribution in [-0.4, -0.2) is 56.9 Å². The Balaban J connectivity index is -0.000000129. The molecule has 1 aliphatic rings. The van der Waals surface area contributed by atoms with Crippen LogP contribution < -0.4 is 0 Å². The lowest BCUT2D eigenvalue weighted by Gasteiger charge is -2.20. The zero-order valence-electron chi connectivity index (χ0n) is 29.2. The minimum atomic E-state index is -1.45. The van der Waals surface area contributed by atoms with Gasteiger partial charge in [0.05, 0.1) is 12.2 Å². The van der Waals surface area contributed by atoms with Crippen LogP contribution in [0.25, 0.3) is 20.9 Å². The van der Waals surface area contributed by atoms with Gasteiger partial charge in [-0.25, -0.2) is 4.79 Å². The molecule has 0 fully saturated rings. The Morgan fingerprint density at radius 2 is 1.48 bits per heavy atom. The summed E-state index contributed by atoms with van der Waals surface area (Å²) in [6, 6.07) is 6.79. The van der Waals surface area contributed by atoms with Crippen molar-refractivity contribution in [2.45, 2.75) is 99.6 Å². The summed E-state index contributed by atoms with van der Waals surface area (Å²) in [5, 5.41) is 12.8. The van der Waals surface area contributed by atoms with Crippen molar-refractivity contribution in [3.63, 3.8) is 0 Å². The van der Waals surface area contributed by atoms with Crippen LogP contribution >= 0.6 is 0 Å². The molecule has 0 saturated heterocycles. The number of esters is 2. The van der Waals surface area contributed by atoms with E-state index >= 15 is 0 Å². The second-order valence-electron chi connectivity index (χ2n) is 10.2. The first kappa shape index (κ1) is 57.1. The quantitative estimate of drug-likeness (QED) is 0.0549. The molecule has 0 amide bonds. The zero-order valence-corrected chi connectivity index (χ0v) is 30.2. The first-order valence-electron chi connectivity index (χ1n) is 15.0. The van der Waals surface area contributed by atoms with Crippen LogP contribution in [0.5, 0.6) is 0 Å². The standard InChI is InChI=1S/C13H25N3O2.C8H6O3.C4H8.C3H9N3Si.3CO2.CH4/c1-4-11(7-8-13(17)18-6-3)9-12(5-2)10-15-16-14;9-7-5-3-1-2-4-6(5)8(10)11-7;1-3-4-2;1-7(2,3)6-5-4;3*2-1-3;/h11-12H,4-10H2,1-3H3;1-4,7,9H;3H,1,4H2,2H3;1-3H3;;;;1H4. The van der Waals surface area contributed by atoms with Crippen molar-refractivity contribution >= 4 is 38.6 Å². The average Bonchev–Trinajstić information content (AvgIpc) is 3.35. The first-order chi connectivity index (χ1) is 23.2. The van der Waals surface area contributed by atoms with Crippen molar-refractivity contribution in [2.75, 3.05) is 13.2 Å². The summed E-state index contributed by atoms with van der Waals surface area (Å²) < 4.78 is 13.1. The van der Waals surface area contributed by atoms with Gasteiger partial charge in [-0.3, -0.25) is 4.79 Å². The van der Waals surface area contributed by atoms with Gasteiger partial charge in [0.1, 0.15) is 8.24 Å². The molecule has 0 spiro atoms. The predicted molar refractivity (Wildman–Crippen MR) is 184 cm³/mol. The lowest BCUT2D eigenvalue weighted by atomic mass is 9.88. The molecule has 1 aliphatic heterocycles.